The van der Waals surface area contributed by atoms with Crippen molar-refractivity contribution in [3.05, 3.63) is 124 Å². The van der Waals surface area contributed by atoms with E-state index in [1.807, 2.05) is 0 Å². The van der Waals surface area contributed by atoms with E-state index >= 15 is 0 Å². The summed E-state index contributed by atoms with van der Waals surface area (Å²) >= 11 is 0. The lowest BCUT2D eigenvalue weighted by Gasteiger charge is -2.41. The number of benzene rings is 1. The van der Waals surface area contributed by atoms with Crippen LogP contribution in [-0.4, -0.2) is 0 Å². The second-order valence-electron chi connectivity index (χ2n) is 9.98. The summed E-state index contributed by atoms with van der Waals surface area (Å²) < 4.78 is 0. The highest BCUT2D eigenvalue weighted by atomic mass is 14.4. The molecule has 0 amide bonds. The Kier molecular flexibility index (Phi) is 4.31. The van der Waals surface area contributed by atoms with Gasteiger partial charge in [-0.05, 0) is 56.9 Å². The van der Waals surface area contributed by atoms with E-state index in [-0.39, 0.29) is 5.41 Å². The third-order valence-electron chi connectivity index (χ3n) is 7.85. The highest BCUT2D eigenvalue weighted by molar-refractivity contribution is 5.78. The first kappa shape index (κ1) is 19.4. The average Bonchev–Trinajstić information content (AvgIpc) is 3.13. The number of terminal acetylenes is 1. The molecule has 0 spiro atoms. The van der Waals surface area contributed by atoms with E-state index in [9.17, 15) is 0 Å². The molecule has 0 nitrogen and oxygen atoms in total. The SMILES string of the molecule is C#CCC1(CC2=C3C=CC4=CC=CC5=CC=C(C=C2)C3C45)C=C(C(C)C)c2ccccc21. The van der Waals surface area contributed by atoms with Gasteiger partial charge in [-0.25, -0.2) is 0 Å². The van der Waals surface area contributed by atoms with Gasteiger partial charge >= 0.3 is 0 Å². The minimum Gasteiger partial charge on any atom is -0.120 e. The summed E-state index contributed by atoms with van der Waals surface area (Å²) in [6.07, 6.45) is 30.9. The zero-order chi connectivity index (χ0) is 21.9. The molecular weight excluding hydrogens is 384 g/mol. The molecule has 6 rings (SSSR count). The molecule has 0 radical (unpaired) electrons. The van der Waals surface area contributed by atoms with Gasteiger partial charge in [-0.2, -0.15) is 0 Å². The molecule has 32 heavy (non-hydrogen) atoms. The number of hydrogen-bond donors (Lipinski definition) is 0. The van der Waals surface area contributed by atoms with Crippen molar-refractivity contribution >= 4 is 5.57 Å². The van der Waals surface area contributed by atoms with E-state index in [2.05, 4.69) is 105 Å². The van der Waals surface area contributed by atoms with Gasteiger partial charge in [-0.3, -0.25) is 0 Å². The Balaban J connectivity index is 1.50. The van der Waals surface area contributed by atoms with Crippen LogP contribution < -0.4 is 0 Å². The summed E-state index contributed by atoms with van der Waals surface area (Å²) in [7, 11) is 0. The molecule has 0 fully saturated rings. The monoisotopic (exact) mass is 412 g/mol. The van der Waals surface area contributed by atoms with Crippen LogP contribution in [0.2, 0.25) is 0 Å². The van der Waals surface area contributed by atoms with Gasteiger partial charge in [-0.15, -0.1) is 12.3 Å². The fourth-order valence-electron chi connectivity index (χ4n) is 6.41. The molecule has 0 heterocycles. The highest BCUT2D eigenvalue weighted by Crippen LogP contribution is 2.53. The summed E-state index contributed by atoms with van der Waals surface area (Å²) in [5.41, 5.74) is 11.3. The minimum absolute atomic E-state index is 0.136. The molecule has 5 aliphatic rings. The van der Waals surface area contributed by atoms with E-state index in [0.717, 1.165) is 12.8 Å². The second-order valence-corrected chi connectivity index (χ2v) is 9.98. The van der Waals surface area contributed by atoms with E-state index in [4.69, 9.17) is 6.42 Å². The van der Waals surface area contributed by atoms with E-state index in [1.165, 1.54) is 44.6 Å². The lowest BCUT2D eigenvalue weighted by Crippen LogP contribution is -2.30. The van der Waals surface area contributed by atoms with Crippen LogP contribution in [0, 0.1) is 30.1 Å². The highest BCUT2D eigenvalue weighted by Gasteiger charge is 2.42. The summed E-state index contributed by atoms with van der Waals surface area (Å²) in [5.74, 6) is 4.38. The number of fused-ring (bicyclic) bond motifs is 1. The Bertz CT molecular complexity index is 1300. The maximum Gasteiger partial charge on any atom is 0.0293 e. The van der Waals surface area contributed by atoms with Crippen molar-refractivity contribution < 1.29 is 0 Å². The van der Waals surface area contributed by atoms with Gasteiger partial charge in [0.15, 0.2) is 0 Å². The maximum absolute atomic E-state index is 5.99. The van der Waals surface area contributed by atoms with E-state index in [1.54, 1.807) is 0 Å². The van der Waals surface area contributed by atoms with Gasteiger partial charge in [0, 0.05) is 23.7 Å². The first-order chi connectivity index (χ1) is 15.6. The molecule has 5 aliphatic carbocycles. The fourth-order valence-corrected chi connectivity index (χ4v) is 6.41. The zero-order valence-corrected chi connectivity index (χ0v) is 18.8. The predicted molar refractivity (Wildman–Crippen MR) is 135 cm³/mol. The first-order valence-corrected chi connectivity index (χ1v) is 11.8. The molecule has 1 aromatic rings. The molecule has 0 heteroatoms. The van der Waals surface area contributed by atoms with Crippen molar-refractivity contribution in [3.8, 4) is 12.3 Å². The minimum atomic E-state index is -0.136. The van der Waals surface area contributed by atoms with Gasteiger partial charge in [0.2, 0.25) is 0 Å². The number of allylic oxidation sites excluding steroid dienone is 16. The summed E-state index contributed by atoms with van der Waals surface area (Å²) in [6, 6.07) is 8.90. The van der Waals surface area contributed by atoms with Crippen LogP contribution in [0.3, 0.4) is 0 Å². The van der Waals surface area contributed by atoms with Gasteiger partial charge in [0.25, 0.3) is 0 Å². The van der Waals surface area contributed by atoms with Crippen molar-refractivity contribution in [2.75, 3.05) is 0 Å². The standard InChI is InChI=1S/C32H28/c1-4-18-32(20-28(21(2)3)27-10-5-6-11-29(27)32)19-25-15-14-24-13-12-22-8-7-9-23-16-17-26(25)31(24)30(22)23/h1,5-17,20-21,30-31H,18-19H2,2-3H3. The Morgan fingerprint density at radius 1 is 0.906 bits per heavy atom. The fraction of sp³-hybridized carbons (Fsp3) is 0.250. The average molecular weight is 413 g/mol. The van der Waals surface area contributed by atoms with Crippen LogP contribution in [0.15, 0.2) is 113 Å². The summed E-state index contributed by atoms with van der Waals surface area (Å²) in [4.78, 5) is 0. The molecule has 0 bridgehead atoms. The smallest absolute Gasteiger partial charge is 0.0293 e. The van der Waals surface area contributed by atoms with Gasteiger partial charge in [-0.1, -0.05) is 98.9 Å². The molecule has 3 atom stereocenters. The predicted octanol–water partition coefficient (Wildman–Crippen LogP) is 7.42. The molecule has 0 aromatic heterocycles. The van der Waals surface area contributed by atoms with Crippen LogP contribution in [0.25, 0.3) is 5.57 Å². The van der Waals surface area contributed by atoms with E-state index < -0.39 is 0 Å². The molecule has 0 saturated carbocycles. The molecule has 1 aromatic carbocycles. The van der Waals surface area contributed by atoms with E-state index in [0.29, 0.717) is 17.8 Å². The second kappa shape index (κ2) is 7.11. The maximum atomic E-state index is 5.99. The van der Waals surface area contributed by atoms with Gasteiger partial charge < -0.3 is 0 Å². The first-order valence-electron chi connectivity index (χ1n) is 11.8. The van der Waals surface area contributed by atoms with Crippen molar-refractivity contribution in [1.29, 1.82) is 0 Å². The van der Waals surface area contributed by atoms with Crippen molar-refractivity contribution in [3.63, 3.8) is 0 Å². The Morgan fingerprint density at radius 3 is 2.47 bits per heavy atom. The van der Waals surface area contributed by atoms with Crippen LogP contribution in [0.5, 0.6) is 0 Å². The molecular formula is C32H28. The van der Waals surface area contributed by atoms with Crippen LogP contribution >= 0.6 is 0 Å². The van der Waals surface area contributed by atoms with Crippen molar-refractivity contribution in [2.24, 2.45) is 17.8 Å². The zero-order valence-electron chi connectivity index (χ0n) is 18.8. The van der Waals surface area contributed by atoms with Crippen LogP contribution in [-0.2, 0) is 5.41 Å². The third-order valence-corrected chi connectivity index (χ3v) is 7.85. The lowest BCUT2D eigenvalue weighted by atomic mass is 9.62. The topological polar surface area (TPSA) is 0 Å². The van der Waals surface area contributed by atoms with Gasteiger partial charge in [0.05, 0.1) is 0 Å². The quantitative estimate of drug-likeness (QED) is 0.451. The van der Waals surface area contributed by atoms with Crippen molar-refractivity contribution in [1.82, 2.24) is 0 Å². The molecule has 0 aliphatic heterocycles. The summed E-state index contributed by atoms with van der Waals surface area (Å²) in [6.45, 7) is 4.58. The Labute approximate surface area is 191 Å². The normalized spacial score (nSPS) is 28.6. The number of rotatable bonds is 4. The molecule has 0 N–H and O–H groups in total. The lowest BCUT2D eigenvalue weighted by molar-refractivity contribution is 0.527. The molecule has 0 saturated heterocycles. The van der Waals surface area contributed by atoms with Crippen molar-refractivity contribution in [2.45, 2.75) is 32.1 Å². The largest absolute Gasteiger partial charge is 0.120 e. The Morgan fingerprint density at radius 2 is 1.66 bits per heavy atom. The summed E-state index contributed by atoms with van der Waals surface area (Å²) in [5, 5.41) is 0. The van der Waals surface area contributed by atoms with Crippen LogP contribution in [0.4, 0.5) is 0 Å². The molecule has 3 unspecified atom stereocenters. The third kappa shape index (κ3) is 2.71. The van der Waals surface area contributed by atoms with Crippen LogP contribution in [0.1, 0.15) is 37.8 Å². The number of hydrogen-bond acceptors (Lipinski definition) is 0. The molecule has 156 valence electrons. The van der Waals surface area contributed by atoms with Gasteiger partial charge in [0.1, 0.15) is 0 Å². The Hall–Kier alpha value is -3.30.